The van der Waals surface area contributed by atoms with Gasteiger partial charge in [-0.2, -0.15) is 0 Å². The molecule has 0 aliphatic rings. The smallest absolute Gasteiger partial charge is 0.169 e. The molecule has 0 radical (unpaired) electrons. The molecule has 0 aliphatic carbocycles. The van der Waals surface area contributed by atoms with Gasteiger partial charge in [0.1, 0.15) is 5.76 Å². The van der Waals surface area contributed by atoms with Crippen LogP contribution in [0.15, 0.2) is 45.5 Å². The van der Waals surface area contributed by atoms with Crippen LogP contribution in [0.5, 0.6) is 0 Å². The molecule has 0 spiro atoms. The van der Waals surface area contributed by atoms with Crippen LogP contribution < -0.4 is 5.73 Å². The minimum absolute atomic E-state index is 0.0234. The van der Waals surface area contributed by atoms with Crippen LogP contribution in [-0.2, 0) is 0 Å². The number of hydrogen-bond donors (Lipinski definition) is 1. The van der Waals surface area contributed by atoms with E-state index in [1.165, 1.54) is 0 Å². The monoisotopic (exact) mass is 356 g/mol. The summed E-state index contributed by atoms with van der Waals surface area (Å²) in [5, 5.41) is 0.743. The van der Waals surface area contributed by atoms with Gasteiger partial charge in [0.2, 0.25) is 0 Å². The summed E-state index contributed by atoms with van der Waals surface area (Å²) in [6.45, 7) is 2.62. The van der Waals surface area contributed by atoms with E-state index >= 15 is 0 Å². The highest BCUT2D eigenvalue weighted by Gasteiger charge is 2.24. The maximum atomic E-state index is 6.06. The molecule has 2 atom stereocenters. The summed E-state index contributed by atoms with van der Waals surface area (Å²) in [6.07, 6.45) is 0. The maximum Gasteiger partial charge on any atom is 0.169 e. The van der Waals surface area contributed by atoms with Gasteiger partial charge in [-0.25, -0.2) is 0 Å². The highest BCUT2D eigenvalue weighted by atomic mass is 79.9. The molecule has 2 rings (SSSR count). The summed E-state index contributed by atoms with van der Waals surface area (Å²) >= 11 is 9.39. The molecule has 0 aliphatic heterocycles. The summed E-state index contributed by atoms with van der Waals surface area (Å²) in [7, 11) is 2.04. The first-order chi connectivity index (χ1) is 9.52. The van der Waals surface area contributed by atoms with Crippen molar-refractivity contribution in [3.05, 3.63) is 57.4 Å². The van der Waals surface area contributed by atoms with Gasteiger partial charge in [0.15, 0.2) is 4.67 Å². The molecule has 0 amide bonds. The van der Waals surface area contributed by atoms with Crippen LogP contribution in [0.3, 0.4) is 0 Å². The minimum Gasteiger partial charge on any atom is -0.453 e. The van der Waals surface area contributed by atoms with Gasteiger partial charge >= 0.3 is 0 Å². The normalized spacial score (nSPS) is 14.5. The third kappa shape index (κ3) is 3.44. The zero-order chi connectivity index (χ0) is 14.7. The predicted molar refractivity (Wildman–Crippen MR) is 85.8 cm³/mol. The molecule has 1 heterocycles. The number of halogens is 2. The van der Waals surface area contributed by atoms with Crippen molar-refractivity contribution in [3.8, 4) is 0 Å². The zero-order valence-corrected chi connectivity index (χ0v) is 13.9. The molecule has 5 heteroatoms. The summed E-state index contributed by atoms with van der Waals surface area (Å²) in [4.78, 5) is 2.19. The fraction of sp³-hybridized carbons (Fsp3) is 0.333. The van der Waals surface area contributed by atoms with E-state index in [1.54, 1.807) is 0 Å². The van der Waals surface area contributed by atoms with Crippen molar-refractivity contribution in [2.75, 3.05) is 13.6 Å². The van der Waals surface area contributed by atoms with E-state index in [0.29, 0.717) is 6.54 Å². The molecular formula is C15H18BrClN2O. The van der Waals surface area contributed by atoms with Crippen LogP contribution in [0.1, 0.15) is 30.3 Å². The molecule has 2 N–H and O–H groups in total. The third-order valence-electron chi connectivity index (χ3n) is 3.58. The molecule has 1 aromatic heterocycles. The lowest BCUT2D eigenvalue weighted by molar-refractivity contribution is 0.168. The first-order valence-electron chi connectivity index (χ1n) is 6.45. The summed E-state index contributed by atoms with van der Waals surface area (Å²) in [5.74, 6) is 0.857. The Hall–Kier alpha value is -0.810. The Morgan fingerprint density at radius 2 is 2.10 bits per heavy atom. The van der Waals surface area contributed by atoms with Crippen LogP contribution in [-0.4, -0.2) is 18.5 Å². The number of hydrogen-bond acceptors (Lipinski definition) is 3. The average molecular weight is 358 g/mol. The Labute approximate surface area is 132 Å². The van der Waals surface area contributed by atoms with Crippen LogP contribution in [0.25, 0.3) is 0 Å². The van der Waals surface area contributed by atoms with Crippen molar-refractivity contribution in [1.82, 2.24) is 4.90 Å². The predicted octanol–water partition coefficient (Wildman–Crippen LogP) is 4.39. The maximum absolute atomic E-state index is 6.06. The van der Waals surface area contributed by atoms with E-state index in [4.69, 9.17) is 21.8 Å². The van der Waals surface area contributed by atoms with Gasteiger partial charge in [-0.15, -0.1) is 0 Å². The average Bonchev–Trinajstić information content (AvgIpc) is 2.85. The standard InChI is InChI=1S/C15H18BrClN2O/c1-10(11-4-3-5-12(17)8-11)19(2)13(9-18)14-6-7-15(16)20-14/h3-8,10,13H,9,18H2,1-2H3. The van der Waals surface area contributed by atoms with Crippen molar-refractivity contribution >= 4 is 27.5 Å². The molecule has 2 aromatic rings. The Morgan fingerprint density at radius 1 is 1.35 bits per heavy atom. The van der Waals surface area contributed by atoms with Crippen molar-refractivity contribution < 1.29 is 4.42 Å². The molecule has 1 aromatic carbocycles. The molecule has 108 valence electrons. The fourth-order valence-electron chi connectivity index (χ4n) is 2.26. The van der Waals surface area contributed by atoms with Crippen molar-refractivity contribution in [2.45, 2.75) is 19.0 Å². The minimum atomic E-state index is 0.0234. The SMILES string of the molecule is CC(c1cccc(Cl)c1)N(C)C(CN)c1ccc(Br)o1. The second kappa shape index (κ2) is 6.76. The highest BCUT2D eigenvalue weighted by molar-refractivity contribution is 9.10. The highest BCUT2D eigenvalue weighted by Crippen LogP contribution is 2.31. The lowest BCUT2D eigenvalue weighted by Crippen LogP contribution is -2.32. The lowest BCUT2D eigenvalue weighted by Gasteiger charge is -2.31. The van der Waals surface area contributed by atoms with Gasteiger partial charge < -0.3 is 10.2 Å². The molecule has 0 saturated carbocycles. The molecule has 20 heavy (non-hydrogen) atoms. The number of nitrogens with two attached hydrogens (primary N) is 1. The summed E-state index contributed by atoms with van der Waals surface area (Å²) in [5.41, 5.74) is 7.07. The lowest BCUT2D eigenvalue weighted by atomic mass is 10.0. The van der Waals surface area contributed by atoms with Crippen LogP contribution in [0.4, 0.5) is 0 Å². The van der Waals surface area contributed by atoms with Gasteiger partial charge in [-0.05, 0) is 59.7 Å². The van der Waals surface area contributed by atoms with E-state index in [-0.39, 0.29) is 12.1 Å². The molecule has 3 nitrogen and oxygen atoms in total. The van der Waals surface area contributed by atoms with Gasteiger partial charge in [-0.3, -0.25) is 4.90 Å². The van der Waals surface area contributed by atoms with Gasteiger partial charge in [-0.1, -0.05) is 23.7 Å². The first kappa shape index (κ1) is 15.6. The van der Waals surface area contributed by atoms with E-state index in [2.05, 4.69) is 33.8 Å². The van der Waals surface area contributed by atoms with Crippen LogP contribution in [0, 0.1) is 0 Å². The second-order valence-corrected chi connectivity index (χ2v) is 6.01. The van der Waals surface area contributed by atoms with Gasteiger partial charge in [0, 0.05) is 17.6 Å². The van der Waals surface area contributed by atoms with E-state index in [0.717, 1.165) is 21.0 Å². The van der Waals surface area contributed by atoms with Gasteiger partial charge in [0.05, 0.1) is 6.04 Å². The summed E-state index contributed by atoms with van der Waals surface area (Å²) < 4.78 is 6.35. The Bertz CT molecular complexity index is 573. The first-order valence-corrected chi connectivity index (χ1v) is 7.62. The second-order valence-electron chi connectivity index (χ2n) is 4.79. The van der Waals surface area contributed by atoms with Gasteiger partial charge in [0.25, 0.3) is 0 Å². The topological polar surface area (TPSA) is 42.4 Å². The molecular weight excluding hydrogens is 340 g/mol. The Balaban J connectivity index is 2.22. The van der Waals surface area contributed by atoms with E-state index in [9.17, 15) is 0 Å². The molecule has 0 bridgehead atoms. The molecule has 2 unspecified atom stereocenters. The van der Waals surface area contributed by atoms with Crippen molar-refractivity contribution in [3.63, 3.8) is 0 Å². The Kier molecular flexibility index (Phi) is 5.27. The number of likely N-dealkylation sites (N-methyl/N-ethyl adjacent to an activating group) is 1. The third-order valence-corrected chi connectivity index (χ3v) is 4.24. The van der Waals surface area contributed by atoms with Crippen molar-refractivity contribution in [1.29, 1.82) is 0 Å². The van der Waals surface area contributed by atoms with Crippen LogP contribution in [0.2, 0.25) is 5.02 Å². The number of rotatable bonds is 5. The largest absolute Gasteiger partial charge is 0.453 e. The number of benzene rings is 1. The van der Waals surface area contributed by atoms with Crippen LogP contribution >= 0.6 is 27.5 Å². The quantitative estimate of drug-likeness (QED) is 0.863. The van der Waals surface area contributed by atoms with E-state index < -0.39 is 0 Å². The molecule has 0 saturated heterocycles. The zero-order valence-electron chi connectivity index (χ0n) is 11.5. The van der Waals surface area contributed by atoms with E-state index in [1.807, 2.05) is 37.4 Å². The number of nitrogens with zero attached hydrogens (tertiary/aromatic N) is 1. The molecule has 0 fully saturated rings. The Morgan fingerprint density at radius 3 is 2.65 bits per heavy atom. The summed E-state index contributed by atoms with van der Waals surface area (Å²) in [6, 6.07) is 11.9. The number of furan rings is 1. The fourth-order valence-corrected chi connectivity index (χ4v) is 2.78. The van der Waals surface area contributed by atoms with Crippen molar-refractivity contribution in [2.24, 2.45) is 5.73 Å².